The number of likely N-dealkylation sites (tertiary alicyclic amines) is 1. The van der Waals surface area contributed by atoms with E-state index in [2.05, 4.69) is 6.58 Å². The first-order valence-corrected chi connectivity index (χ1v) is 3.41. The summed E-state index contributed by atoms with van der Waals surface area (Å²) in [5, 5.41) is 10.6. The van der Waals surface area contributed by atoms with Gasteiger partial charge in [0.2, 0.25) is 0 Å². The smallest absolute Gasteiger partial charge is 0.861 e. The zero-order valence-corrected chi connectivity index (χ0v) is 6.60. The van der Waals surface area contributed by atoms with Crippen LogP contribution in [0, 0.1) is 0 Å². The third-order valence-electron chi connectivity index (χ3n) is 1.71. The first-order chi connectivity index (χ1) is 4.30. The second-order valence-electron chi connectivity index (χ2n) is 2.44. The normalized spacial score (nSPS) is 17.8. The number of nitrogens with zero attached hydrogens (tertiary/aromatic N) is 1. The van der Waals surface area contributed by atoms with Crippen molar-refractivity contribution < 1.29 is 24.0 Å². The molecule has 0 N–H and O–H groups in total. The second-order valence-corrected chi connectivity index (χ2v) is 2.44. The van der Waals surface area contributed by atoms with Crippen molar-refractivity contribution in [2.45, 2.75) is 19.3 Å². The molecule has 1 fully saturated rings. The van der Waals surface area contributed by atoms with E-state index in [1.54, 1.807) is 0 Å². The molecule has 1 aliphatic heterocycles. The molecule has 0 atom stereocenters. The van der Waals surface area contributed by atoms with Crippen LogP contribution in [0.2, 0.25) is 0 Å². The Balaban J connectivity index is 0.000000810. The Morgan fingerprint density at radius 2 is 1.70 bits per heavy atom. The topological polar surface area (TPSA) is 26.3 Å². The number of rotatable bonds is 1. The van der Waals surface area contributed by atoms with Crippen molar-refractivity contribution in [2.24, 2.45) is 0 Å². The van der Waals surface area contributed by atoms with Gasteiger partial charge in [0.1, 0.15) is 0 Å². The molecule has 1 saturated heterocycles. The summed E-state index contributed by atoms with van der Waals surface area (Å²) < 4.78 is 0. The predicted octanol–water partition coefficient (Wildman–Crippen LogP) is -2.69. The minimum atomic E-state index is -0.0188. The fourth-order valence-electron chi connectivity index (χ4n) is 1.14. The van der Waals surface area contributed by atoms with Gasteiger partial charge in [-0.2, -0.15) is 0 Å². The molecule has 1 aliphatic rings. The summed E-state index contributed by atoms with van der Waals surface area (Å²) in [6, 6.07) is 0. The van der Waals surface area contributed by atoms with Gasteiger partial charge in [0.15, 0.2) is 0 Å². The zero-order chi connectivity index (χ0) is 6.69. The van der Waals surface area contributed by atoms with Crippen LogP contribution in [0.1, 0.15) is 19.3 Å². The van der Waals surface area contributed by atoms with Crippen molar-refractivity contribution in [3.63, 3.8) is 0 Å². The van der Waals surface area contributed by atoms with E-state index in [0.717, 1.165) is 25.9 Å². The fourth-order valence-corrected chi connectivity index (χ4v) is 1.14. The van der Waals surface area contributed by atoms with Crippen LogP contribution in [0.3, 0.4) is 0 Å². The van der Waals surface area contributed by atoms with E-state index < -0.39 is 0 Å². The van der Waals surface area contributed by atoms with Crippen LogP contribution in [-0.2, 0) is 0 Å². The van der Waals surface area contributed by atoms with E-state index in [9.17, 15) is 5.11 Å². The average molecular weight is 133 g/mol. The quantitative estimate of drug-likeness (QED) is 0.287. The maximum Gasteiger partial charge on any atom is 1.00 e. The van der Waals surface area contributed by atoms with Crippen LogP contribution in [0.15, 0.2) is 12.5 Å². The average Bonchev–Trinajstić information content (AvgIpc) is 1.90. The molecule has 0 bridgehead atoms. The molecular weight excluding hydrogens is 121 g/mol. The van der Waals surface area contributed by atoms with Gasteiger partial charge in [-0.1, -0.05) is 6.58 Å². The molecule has 1 rings (SSSR count). The first-order valence-electron chi connectivity index (χ1n) is 3.41. The molecular formula is C7H12LiNO. The maximum atomic E-state index is 10.6. The zero-order valence-electron chi connectivity index (χ0n) is 6.60. The van der Waals surface area contributed by atoms with E-state index in [4.69, 9.17) is 0 Å². The van der Waals surface area contributed by atoms with Crippen molar-refractivity contribution in [2.75, 3.05) is 13.1 Å². The Morgan fingerprint density at radius 3 is 2.00 bits per heavy atom. The first kappa shape index (κ1) is 9.94. The summed E-state index contributed by atoms with van der Waals surface area (Å²) in [6.07, 6.45) is 3.58. The standard InChI is InChI=1S/C7H13NO.Li/c1-7(9)8-5-3-2-4-6-8;/h9H,1-6H2;/q;+1/p-1. The molecule has 0 radical (unpaired) electrons. The predicted molar refractivity (Wildman–Crippen MR) is 34.6 cm³/mol. The largest absolute Gasteiger partial charge is 1.00 e. The Morgan fingerprint density at radius 1 is 1.20 bits per heavy atom. The number of hydrogen-bond acceptors (Lipinski definition) is 2. The van der Waals surface area contributed by atoms with Crippen molar-refractivity contribution in [3.05, 3.63) is 12.5 Å². The van der Waals surface area contributed by atoms with Crippen LogP contribution in [0.5, 0.6) is 0 Å². The number of hydrogen-bond donors (Lipinski definition) is 0. The van der Waals surface area contributed by atoms with Gasteiger partial charge in [0.25, 0.3) is 0 Å². The van der Waals surface area contributed by atoms with Gasteiger partial charge in [-0.25, -0.2) is 0 Å². The summed E-state index contributed by atoms with van der Waals surface area (Å²) in [7, 11) is 0. The SMILES string of the molecule is C=C([O-])N1CCCCC1.[Li+]. The van der Waals surface area contributed by atoms with E-state index in [0.29, 0.717) is 0 Å². The Hall–Kier alpha value is -0.0626. The summed E-state index contributed by atoms with van der Waals surface area (Å²) in [5.41, 5.74) is 0. The van der Waals surface area contributed by atoms with Crippen molar-refractivity contribution in [3.8, 4) is 0 Å². The van der Waals surface area contributed by atoms with Gasteiger partial charge in [0, 0.05) is 13.1 Å². The van der Waals surface area contributed by atoms with E-state index in [-0.39, 0.29) is 24.7 Å². The molecule has 0 amide bonds. The molecule has 0 aromatic heterocycles. The molecule has 0 saturated carbocycles. The molecule has 0 aliphatic carbocycles. The van der Waals surface area contributed by atoms with Gasteiger partial charge >= 0.3 is 18.9 Å². The molecule has 10 heavy (non-hydrogen) atoms. The van der Waals surface area contributed by atoms with Crippen LogP contribution in [0.4, 0.5) is 0 Å². The Labute approximate surface area is 74.1 Å². The second kappa shape index (κ2) is 4.71. The van der Waals surface area contributed by atoms with Crippen LogP contribution in [-0.4, -0.2) is 18.0 Å². The van der Waals surface area contributed by atoms with E-state index in [1.165, 1.54) is 6.42 Å². The molecule has 0 spiro atoms. The minimum absolute atomic E-state index is 0. The third kappa shape index (κ3) is 2.68. The molecule has 0 aromatic carbocycles. The van der Waals surface area contributed by atoms with Gasteiger partial charge in [-0.15, -0.1) is 0 Å². The molecule has 1 heterocycles. The van der Waals surface area contributed by atoms with Gasteiger partial charge in [0.05, 0.1) is 0 Å². The van der Waals surface area contributed by atoms with Crippen molar-refractivity contribution in [1.29, 1.82) is 0 Å². The molecule has 0 unspecified atom stereocenters. The Kier molecular flexibility index (Phi) is 4.68. The monoisotopic (exact) mass is 133 g/mol. The van der Waals surface area contributed by atoms with Crippen molar-refractivity contribution in [1.82, 2.24) is 4.90 Å². The molecule has 52 valence electrons. The summed E-state index contributed by atoms with van der Waals surface area (Å²) in [4.78, 5) is 1.81. The fraction of sp³-hybridized carbons (Fsp3) is 0.714. The van der Waals surface area contributed by atoms with Gasteiger partial charge in [-0.3, -0.25) is 0 Å². The number of piperidine rings is 1. The van der Waals surface area contributed by atoms with Crippen LogP contribution in [0.25, 0.3) is 0 Å². The van der Waals surface area contributed by atoms with Crippen LogP contribution < -0.4 is 24.0 Å². The van der Waals surface area contributed by atoms with E-state index >= 15 is 0 Å². The third-order valence-corrected chi connectivity index (χ3v) is 1.71. The molecule has 3 heteroatoms. The van der Waals surface area contributed by atoms with Crippen LogP contribution >= 0.6 is 0 Å². The minimum Gasteiger partial charge on any atom is -0.861 e. The molecule has 0 aromatic rings. The maximum absolute atomic E-state index is 10.6. The van der Waals surface area contributed by atoms with E-state index in [1.807, 2.05) is 4.90 Å². The molecule has 2 nitrogen and oxygen atoms in total. The summed E-state index contributed by atoms with van der Waals surface area (Å²) in [5.74, 6) is -0.0188. The Bertz CT molecular complexity index is 110. The van der Waals surface area contributed by atoms with Gasteiger partial charge < -0.3 is 10.0 Å². The summed E-state index contributed by atoms with van der Waals surface area (Å²) in [6.45, 7) is 5.19. The van der Waals surface area contributed by atoms with Gasteiger partial charge in [-0.05, 0) is 25.1 Å². The van der Waals surface area contributed by atoms with Crippen molar-refractivity contribution >= 4 is 0 Å². The summed E-state index contributed by atoms with van der Waals surface area (Å²) >= 11 is 0.